The normalized spacial score (nSPS) is 14.8. The Kier molecular flexibility index (Phi) is 7.62. The molecule has 0 spiro atoms. The van der Waals surface area contributed by atoms with E-state index in [9.17, 15) is 14.4 Å². The number of allylic oxidation sites excluding steroid dienone is 1. The van der Waals surface area contributed by atoms with Gasteiger partial charge in [-0.25, -0.2) is 4.39 Å². The average Bonchev–Trinajstić information content (AvgIpc) is 2.78. The molecule has 0 aliphatic heterocycles. The van der Waals surface area contributed by atoms with Crippen LogP contribution in [0.15, 0.2) is 42.5 Å². The fourth-order valence-electron chi connectivity index (χ4n) is 3.85. The maximum absolute atomic E-state index is 14.0. The molecule has 0 bridgehead atoms. The second-order valence-corrected chi connectivity index (χ2v) is 7.58. The number of carbonyl (C=O) groups excluding carboxylic acids is 1. The molecule has 0 unspecified atom stereocenters. The van der Waals surface area contributed by atoms with E-state index in [-0.39, 0.29) is 17.1 Å². The van der Waals surface area contributed by atoms with E-state index in [0.717, 1.165) is 6.42 Å². The van der Waals surface area contributed by atoms with Crippen molar-refractivity contribution in [1.82, 2.24) is 0 Å². The van der Waals surface area contributed by atoms with Crippen molar-refractivity contribution in [2.24, 2.45) is 5.92 Å². The summed E-state index contributed by atoms with van der Waals surface area (Å²) in [5.41, 5.74) is 1.08. The Morgan fingerprint density at radius 3 is 2.63 bits per heavy atom. The molecule has 3 rings (SSSR count). The number of halogens is 1. The average molecular weight is 407 g/mol. The Hall–Kier alpha value is -3.13. The molecule has 0 radical (unpaired) electrons. The third-order valence-corrected chi connectivity index (χ3v) is 5.49. The van der Waals surface area contributed by atoms with Crippen molar-refractivity contribution in [2.75, 3.05) is 7.11 Å². The molecule has 30 heavy (non-hydrogen) atoms. The van der Waals surface area contributed by atoms with Crippen molar-refractivity contribution in [2.45, 2.75) is 44.9 Å². The van der Waals surface area contributed by atoms with Crippen LogP contribution in [0.2, 0.25) is 0 Å². The van der Waals surface area contributed by atoms with Gasteiger partial charge in [-0.1, -0.05) is 56.4 Å². The minimum absolute atomic E-state index is 0.201. The van der Waals surface area contributed by atoms with Crippen LogP contribution in [-0.2, 0) is 4.79 Å². The molecule has 0 amide bonds. The van der Waals surface area contributed by atoms with Crippen molar-refractivity contribution >= 4 is 17.6 Å². The molecule has 2 aromatic carbocycles. The molecule has 4 nitrogen and oxygen atoms in total. The smallest absolute Gasteiger partial charge is 0.311 e. The summed E-state index contributed by atoms with van der Waals surface area (Å²) in [6, 6.07) is 13.2. The topological polar surface area (TPSA) is 59.3 Å². The Morgan fingerprint density at radius 2 is 1.93 bits per heavy atom. The molecule has 2 aromatic rings. The van der Waals surface area contributed by atoms with Crippen LogP contribution in [0.3, 0.4) is 0 Å². The van der Waals surface area contributed by atoms with E-state index < -0.39 is 5.82 Å². The highest BCUT2D eigenvalue weighted by molar-refractivity contribution is 5.90. The highest BCUT2D eigenvalue weighted by Crippen LogP contribution is 2.31. The first kappa shape index (κ1) is 21.6. The van der Waals surface area contributed by atoms with Crippen LogP contribution in [0.25, 0.3) is 11.6 Å². The van der Waals surface area contributed by atoms with Gasteiger partial charge in [0.05, 0.1) is 18.8 Å². The van der Waals surface area contributed by atoms with E-state index >= 15 is 0 Å². The van der Waals surface area contributed by atoms with Gasteiger partial charge in [0, 0.05) is 12.0 Å². The number of carbonyl (C=O) groups is 1. The van der Waals surface area contributed by atoms with Crippen molar-refractivity contribution in [1.29, 1.82) is 5.26 Å². The number of rotatable bonds is 7. The largest absolute Gasteiger partial charge is 0.493 e. The van der Waals surface area contributed by atoms with E-state index in [0.29, 0.717) is 29.4 Å². The van der Waals surface area contributed by atoms with Gasteiger partial charge in [-0.2, -0.15) is 5.26 Å². The highest BCUT2D eigenvalue weighted by Gasteiger charge is 2.17. The highest BCUT2D eigenvalue weighted by atomic mass is 19.1. The SMILES string of the molecule is COc1cc(/C=C(/C#N)c2ccccc2F)ccc1OC(=O)CCC1CCCCC1. The lowest BCUT2D eigenvalue weighted by Gasteiger charge is -2.20. The summed E-state index contributed by atoms with van der Waals surface area (Å²) >= 11 is 0. The molecular formula is C25H26FNO3. The fourth-order valence-corrected chi connectivity index (χ4v) is 3.85. The maximum Gasteiger partial charge on any atom is 0.311 e. The van der Waals surface area contributed by atoms with Crippen LogP contribution >= 0.6 is 0 Å². The number of esters is 1. The van der Waals surface area contributed by atoms with Crippen molar-refractivity contribution in [3.8, 4) is 17.6 Å². The summed E-state index contributed by atoms with van der Waals surface area (Å²) in [7, 11) is 1.49. The third kappa shape index (κ3) is 5.70. The van der Waals surface area contributed by atoms with Crippen LogP contribution in [0.5, 0.6) is 11.5 Å². The molecule has 5 heteroatoms. The number of hydrogen-bond acceptors (Lipinski definition) is 4. The number of nitrogens with zero attached hydrogens (tertiary/aromatic N) is 1. The van der Waals surface area contributed by atoms with Gasteiger partial charge in [-0.3, -0.25) is 4.79 Å². The summed E-state index contributed by atoms with van der Waals surface area (Å²) in [4.78, 5) is 12.3. The van der Waals surface area contributed by atoms with E-state index in [1.54, 1.807) is 42.5 Å². The summed E-state index contributed by atoms with van der Waals surface area (Å²) in [5.74, 6) is 0.615. The van der Waals surface area contributed by atoms with Crippen LogP contribution in [0.1, 0.15) is 56.1 Å². The molecule has 156 valence electrons. The zero-order valence-corrected chi connectivity index (χ0v) is 17.2. The third-order valence-electron chi connectivity index (χ3n) is 5.49. The first-order chi connectivity index (χ1) is 14.6. The van der Waals surface area contributed by atoms with E-state index in [2.05, 4.69) is 0 Å². The van der Waals surface area contributed by atoms with Crippen LogP contribution in [0.4, 0.5) is 4.39 Å². The molecule has 0 aromatic heterocycles. The summed E-state index contributed by atoms with van der Waals surface area (Å²) in [6.45, 7) is 0. The zero-order chi connectivity index (χ0) is 21.3. The van der Waals surface area contributed by atoms with Gasteiger partial charge >= 0.3 is 5.97 Å². The Bertz CT molecular complexity index is 955. The van der Waals surface area contributed by atoms with Gasteiger partial charge in [-0.05, 0) is 42.2 Å². The Morgan fingerprint density at radius 1 is 1.17 bits per heavy atom. The number of ether oxygens (including phenoxy) is 2. The zero-order valence-electron chi connectivity index (χ0n) is 17.2. The summed E-state index contributed by atoms with van der Waals surface area (Å²) < 4.78 is 24.9. The molecule has 0 saturated heterocycles. The Balaban J connectivity index is 1.70. The van der Waals surface area contributed by atoms with Gasteiger partial charge < -0.3 is 9.47 Å². The van der Waals surface area contributed by atoms with Crippen molar-refractivity contribution in [3.63, 3.8) is 0 Å². The molecule has 1 saturated carbocycles. The van der Waals surface area contributed by atoms with Gasteiger partial charge in [-0.15, -0.1) is 0 Å². The van der Waals surface area contributed by atoms with Crippen molar-refractivity contribution in [3.05, 3.63) is 59.4 Å². The van der Waals surface area contributed by atoms with Gasteiger partial charge in [0.25, 0.3) is 0 Å². The lowest BCUT2D eigenvalue weighted by molar-refractivity contribution is -0.134. The number of hydrogen-bond donors (Lipinski definition) is 0. The van der Waals surface area contributed by atoms with Crippen LogP contribution < -0.4 is 9.47 Å². The molecule has 1 aliphatic carbocycles. The quantitative estimate of drug-likeness (QED) is 0.238. The van der Waals surface area contributed by atoms with Gasteiger partial charge in [0.15, 0.2) is 11.5 Å². The van der Waals surface area contributed by atoms with Gasteiger partial charge in [0.2, 0.25) is 0 Å². The molecular weight excluding hydrogens is 381 g/mol. The molecule has 1 fully saturated rings. The van der Waals surface area contributed by atoms with Gasteiger partial charge in [0.1, 0.15) is 5.82 Å². The Labute approximate surface area is 176 Å². The minimum atomic E-state index is -0.458. The lowest BCUT2D eigenvalue weighted by atomic mass is 9.86. The van der Waals surface area contributed by atoms with Crippen molar-refractivity contribution < 1.29 is 18.7 Å². The summed E-state index contributed by atoms with van der Waals surface area (Å²) in [5, 5.41) is 9.45. The molecule has 0 heterocycles. The monoisotopic (exact) mass is 407 g/mol. The molecule has 0 N–H and O–H groups in total. The first-order valence-electron chi connectivity index (χ1n) is 10.4. The van der Waals surface area contributed by atoms with Crippen LogP contribution in [0, 0.1) is 23.1 Å². The summed E-state index contributed by atoms with van der Waals surface area (Å²) in [6.07, 6.45) is 9.01. The second kappa shape index (κ2) is 10.6. The predicted octanol–water partition coefficient (Wildman–Crippen LogP) is 6.16. The number of nitriles is 1. The van der Waals surface area contributed by atoms with E-state index in [1.165, 1.54) is 45.3 Å². The van der Waals surface area contributed by atoms with Crippen LogP contribution in [-0.4, -0.2) is 13.1 Å². The predicted molar refractivity (Wildman–Crippen MR) is 114 cm³/mol. The number of benzene rings is 2. The standard InChI is InChI=1S/C25H26FNO3/c1-29-24-16-19(15-20(17-27)21-9-5-6-10-22(21)26)11-13-23(24)30-25(28)14-12-18-7-3-2-4-8-18/h5-6,9-11,13,15-16,18H,2-4,7-8,12,14H2,1H3/b20-15-. The fraction of sp³-hybridized carbons (Fsp3) is 0.360. The van der Waals surface area contributed by atoms with E-state index in [4.69, 9.17) is 9.47 Å². The maximum atomic E-state index is 14.0. The lowest BCUT2D eigenvalue weighted by Crippen LogP contribution is -2.13. The number of methoxy groups -OCH3 is 1. The molecule has 1 aliphatic rings. The molecule has 0 atom stereocenters. The van der Waals surface area contributed by atoms with E-state index in [1.807, 2.05) is 6.07 Å². The second-order valence-electron chi connectivity index (χ2n) is 7.58. The first-order valence-corrected chi connectivity index (χ1v) is 10.4. The minimum Gasteiger partial charge on any atom is -0.493 e.